The fourth-order valence-electron chi connectivity index (χ4n) is 5.13. The summed E-state index contributed by atoms with van der Waals surface area (Å²) in [4.78, 5) is 40.2. The summed E-state index contributed by atoms with van der Waals surface area (Å²) in [6.45, 7) is 13.0. The van der Waals surface area contributed by atoms with Crippen molar-refractivity contribution in [3.8, 4) is 34.3 Å². The van der Waals surface area contributed by atoms with Crippen LogP contribution in [0.15, 0.2) is 24.7 Å². The molecule has 0 atom stereocenters. The van der Waals surface area contributed by atoms with Gasteiger partial charge in [-0.2, -0.15) is 0 Å². The lowest BCUT2D eigenvalue weighted by molar-refractivity contribution is 0.823. The summed E-state index contributed by atoms with van der Waals surface area (Å²) in [5.74, 6) is 0.562. The normalized spacial score (nSPS) is 11.3. The third kappa shape index (κ3) is 7.58. The molecule has 0 unspecified atom stereocenters. The maximum atomic E-state index is 5.16. The maximum Gasteiger partial charge on any atom is 0.181 e. The highest BCUT2D eigenvalue weighted by Gasteiger charge is 2.21. The van der Waals surface area contributed by atoms with Gasteiger partial charge in [-0.3, -0.25) is 15.0 Å². The van der Waals surface area contributed by atoms with Crippen molar-refractivity contribution < 1.29 is 0 Å². The van der Waals surface area contributed by atoms with Gasteiger partial charge in [0, 0.05) is 18.6 Å². The topological polar surface area (TPSA) is 103 Å². The first kappa shape index (κ1) is 31.3. The molecule has 0 N–H and O–H groups in total. The summed E-state index contributed by atoms with van der Waals surface area (Å²) in [6, 6.07) is 2.03. The highest BCUT2D eigenvalue weighted by atomic mass is 15.0. The monoisotopic (exact) mass is 566 g/mol. The second kappa shape index (κ2) is 15.5. The van der Waals surface area contributed by atoms with Crippen LogP contribution >= 0.6 is 0 Å². The van der Waals surface area contributed by atoms with Gasteiger partial charge in [-0.15, -0.1) is 0 Å². The quantitative estimate of drug-likeness (QED) is 0.145. The van der Waals surface area contributed by atoms with Crippen LogP contribution in [0.5, 0.6) is 0 Å². The van der Waals surface area contributed by atoms with Crippen LogP contribution in [0, 0.1) is 0 Å². The molecule has 222 valence electrons. The lowest BCUT2D eigenvalue weighted by Crippen LogP contribution is -2.09. The summed E-state index contributed by atoms with van der Waals surface area (Å²) in [5, 5.41) is 0. The molecular weight excluding hydrogens is 520 g/mol. The molecule has 0 bridgehead atoms. The van der Waals surface area contributed by atoms with Crippen LogP contribution < -0.4 is 0 Å². The van der Waals surface area contributed by atoms with Gasteiger partial charge in [0.2, 0.25) is 0 Å². The lowest BCUT2D eigenvalue weighted by Gasteiger charge is -2.15. The molecule has 0 spiro atoms. The molecule has 4 aromatic heterocycles. The molecule has 4 aromatic rings. The largest absolute Gasteiger partial charge is 0.257 e. The molecule has 0 aromatic carbocycles. The number of hydrogen-bond donors (Lipinski definition) is 0. The van der Waals surface area contributed by atoms with Crippen LogP contribution in [0.25, 0.3) is 34.3 Å². The van der Waals surface area contributed by atoms with Crippen molar-refractivity contribution in [2.24, 2.45) is 0 Å². The summed E-state index contributed by atoms with van der Waals surface area (Å²) >= 11 is 0. The smallest absolute Gasteiger partial charge is 0.181 e. The Bertz CT molecular complexity index is 1280. The molecular formula is C34H46N8. The number of aryl methyl sites for hydroxylation is 6. The van der Waals surface area contributed by atoms with Crippen molar-refractivity contribution in [2.75, 3.05) is 0 Å². The van der Waals surface area contributed by atoms with Gasteiger partial charge >= 0.3 is 0 Å². The molecule has 0 amide bonds. The SMILES string of the molecule is CCCc1cnc(CCC)c(-c2cc(-c3nc(CCC)cnc3CCC)nc(-c3nc(CCC)cnc3CCC)n2)n1. The average Bonchev–Trinajstić information content (AvgIpc) is 3.00. The van der Waals surface area contributed by atoms with Crippen molar-refractivity contribution in [3.05, 3.63) is 58.8 Å². The second-order valence-electron chi connectivity index (χ2n) is 10.9. The van der Waals surface area contributed by atoms with Crippen molar-refractivity contribution in [2.45, 2.75) is 119 Å². The fourth-order valence-corrected chi connectivity index (χ4v) is 5.13. The molecule has 0 aliphatic carbocycles. The van der Waals surface area contributed by atoms with Gasteiger partial charge in [0.1, 0.15) is 17.1 Å². The highest BCUT2D eigenvalue weighted by molar-refractivity contribution is 5.70. The Labute approximate surface area is 251 Å². The van der Waals surface area contributed by atoms with Crippen molar-refractivity contribution >= 4 is 0 Å². The van der Waals surface area contributed by atoms with E-state index in [9.17, 15) is 0 Å². The Balaban J connectivity index is 2.04. The van der Waals surface area contributed by atoms with E-state index >= 15 is 0 Å². The van der Waals surface area contributed by atoms with E-state index in [0.29, 0.717) is 5.82 Å². The van der Waals surface area contributed by atoms with E-state index in [4.69, 9.17) is 39.9 Å². The van der Waals surface area contributed by atoms with E-state index in [1.54, 1.807) is 0 Å². The van der Waals surface area contributed by atoms with E-state index in [0.717, 1.165) is 140 Å². The Kier molecular flexibility index (Phi) is 11.6. The number of hydrogen-bond acceptors (Lipinski definition) is 8. The summed E-state index contributed by atoms with van der Waals surface area (Å²) in [7, 11) is 0. The maximum absolute atomic E-state index is 5.16. The lowest BCUT2D eigenvalue weighted by atomic mass is 10.1. The van der Waals surface area contributed by atoms with Gasteiger partial charge in [0.05, 0.1) is 45.6 Å². The molecule has 4 rings (SSSR count). The Hall–Kier alpha value is -3.68. The first-order valence-corrected chi connectivity index (χ1v) is 16.0. The van der Waals surface area contributed by atoms with Gasteiger partial charge in [-0.05, 0) is 44.6 Å². The summed E-state index contributed by atoms with van der Waals surface area (Å²) in [6.07, 6.45) is 16.7. The summed E-state index contributed by atoms with van der Waals surface area (Å²) < 4.78 is 0. The molecule has 4 heterocycles. The average molecular weight is 567 g/mol. The van der Waals surface area contributed by atoms with Crippen LogP contribution in [-0.2, 0) is 38.5 Å². The number of rotatable bonds is 15. The second-order valence-corrected chi connectivity index (χ2v) is 10.9. The predicted molar refractivity (Wildman–Crippen MR) is 169 cm³/mol. The van der Waals surface area contributed by atoms with Crippen LogP contribution in [0.2, 0.25) is 0 Å². The summed E-state index contributed by atoms with van der Waals surface area (Å²) in [5.41, 5.74) is 9.60. The third-order valence-corrected chi connectivity index (χ3v) is 7.10. The molecule has 8 nitrogen and oxygen atoms in total. The molecule has 0 radical (unpaired) electrons. The number of nitrogens with zero attached hydrogens (tertiary/aromatic N) is 8. The van der Waals surface area contributed by atoms with Gasteiger partial charge in [0.15, 0.2) is 5.82 Å². The predicted octanol–water partition coefficient (Wildman–Crippen LogP) is 7.56. The van der Waals surface area contributed by atoms with E-state index in [-0.39, 0.29) is 0 Å². The zero-order valence-corrected chi connectivity index (χ0v) is 26.4. The van der Waals surface area contributed by atoms with Crippen LogP contribution in [0.1, 0.15) is 114 Å². The van der Waals surface area contributed by atoms with Gasteiger partial charge in [0.25, 0.3) is 0 Å². The molecule has 0 aliphatic heterocycles. The van der Waals surface area contributed by atoms with Crippen LogP contribution in [0.4, 0.5) is 0 Å². The zero-order chi connectivity index (χ0) is 29.9. The van der Waals surface area contributed by atoms with Crippen molar-refractivity contribution in [1.82, 2.24) is 39.9 Å². The minimum absolute atomic E-state index is 0.562. The molecule has 0 saturated carbocycles. The fraction of sp³-hybridized carbons (Fsp3) is 0.529. The zero-order valence-electron chi connectivity index (χ0n) is 26.4. The molecule has 8 heteroatoms. The number of aromatic nitrogens is 8. The standard InChI is InChI=1S/C34H46N8/c1-7-13-23-20-35-26(16-10-4)31(38-23)29-19-30(32-27(17-11-5)36-21-24(39-32)14-8-2)42-34(41-29)33-28(18-12-6)37-22-25(40-33)15-9-3/h19-22H,7-18H2,1-6H3. The first-order chi connectivity index (χ1) is 20.5. The van der Waals surface area contributed by atoms with Crippen molar-refractivity contribution in [1.29, 1.82) is 0 Å². The molecule has 0 fully saturated rings. The Morgan fingerprint density at radius 1 is 0.405 bits per heavy atom. The van der Waals surface area contributed by atoms with E-state index in [1.807, 2.05) is 24.7 Å². The molecule has 42 heavy (non-hydrogen) atoms. The van der Waals surface area contributed by atoms with Crippen LogP contribution in [0.3, 0.4) is 0 Å². The van der Waals surface area contributed by atoms with E-state index in [2.05, 4.69) is 41.5 Å². The third-order valence-electron chi connectivity index (χ3n) is 7.10. The minimum Gasteiger partial charge on any atom is -0.257 e. The van der Waals surface area contributed by atoms with Gasteiger partial charge in [-0.25, -0.2) is 24.9 Å². The van der Waals surface area contributed by atoms with Crippen LogP contribution in [-0.4, -0.2) is 39.9 Å². The molecule has 0 saturated heterocycles. The Morgan fingerprint density at radius 3 is 1.10 bits per heavy atom. The highest BCUT2D eigenvalue weighted by Crippen LogP contribution is 2.30. The molecule has 0 aliphatic rings. The Morgan fingerprint density at radius 2 is 0.738 bits per heavy atom. The van der Waals surface area contributed by atoms with Gasteiger partial charge in [-0.1, -0.05) is 80.1 Å². The van der Waals surface area contributed by atoms with Crippen molar-refractivity contribution in [3.63, 3.8) is 0 Å². The first-order valence-electron chi connectivity index (χ1n) is 16.0. The minimum atomic E-state index is 0.562. The van der Waals surface area contributed by atoms with E-state index in [1.165, 1.54) is 0 Å². The van der Waals surface area contributed by atoms with E-state index < -0.39 is 0 Å². The van der Waals surface area contributed by atoms with Gasteiger partial charge < -0.3 is 0 Å².